The van der Waals surface area contributed by atoms with E-state index in [-0.39, 0.29) is 48.3 Å². The summed E-state index contributed by atoms with van der Waals surface area (Å²) in [7, 11) is 3.45. The van der Waals surface area contributed by atoms with Gasteiger partial charge in [0.15, 0.2) is 5.96 Å². The molecule has 0 spiro atoms. The number of amides is 2. The average molecular weight is 501 g/mol. The number of likely N-dealkylation sites (tertiary alicyclic amines) is 1. The molecule has 2 amide bonds. The number of hydrogen-bond acceptors (Lipinski definition) is 3. The van der Waals surface area contributed by atoms with E-state index in [1.807, 2.05) is 18.2 Å². The van der Waals surface area contributed by atoms with Crippen molar-refractivity contribution in [2.75, 3.05) is 40.3 Å². The summed E-state index contributed by atoms with van der Waals surface area (Å²) < 4.78 is 0. The smallest absolute Gasteiger partial charge is 0.243 e. The SMILES string of the molecule is CN(C)C(=O)CN=C(NCCc1ccccc1)N1CCCC(CC(N)=O)C1.I. The lowest BCUT2D eigenvalue weighted by molar-refractivity contribution is -0.127. The molecule has 1 atom stereocenters. The van der Waals surface area contributed by atoms with Gasteiger partial charge in [-0.05, 0) is 30.7 Å². The van der Waals surface area contributed by atoms with Crippen LogP contribution < -0.4 is 11.1 Å². The Morgan fingerprint density at radius 3 is 2.64 bits per heavy atom. The van der Waals surface area contributed by atoms with Gasteiger partial charge in [0, 0.05) is 40.2 Å². The van der Waals surface area contributed by atoms with Gasteiger partial charge in [0.1, 0.15) is 6.54 Å². The summed E-state index contributed by atoms with van der Waals surface area (Å²) in [5, 5.41) is 3.40. The lowest BCUT2D eigenvalue weighted by atomic mass is 9.95. The molecule has 1 aliphatic heterocycles. The molecule has 156 valence electrons. The summed E-state index contributed by atoms with van der Waals surface area (Å²) in [6, 6.07) is 10.2. The first-order chi connectivity index (χ1) is 13.0. The molecule has 28 heavy (non-hydrogen) atoms. The van der Waals surface area contributed by atoms with Gasteiger partial charge in [-0.15, -0.1) is 24.0 Å². The summed E-state index contributed by atoms with van der Waals surface area (Å²) in [5.41, 5.74) is 6.62. The summed E-state index contributed by atoms with van der Waals surface area (Å²) in [6.07, 6.45) is 3.25. The van der Waals surface area contributed by atoms with Crippen LogP contribution in [0.25, 0.3) is 0 Å². The number of aliphatic imine (C=N–C) groups is 1. The molecule has 1 unspecified atom stereocenters. The van der Waals surface area contributed by atoms with Crippen molar-refractivity contribution in [3.8, 4) is 0 Å². The van der Waals surface area contributed by atoms with E-state index in [9.17, 15) is 9.59 Å². The third kappa shape index (κ3) is 8.45. The van der Waals surface area contributed by atoms with Gasteiger partial charge in [-0.1, -0.05) is 30.3 Å². The van der Waals surface area contributed by atoms with Crippen molar-refractivity contribution in [1.82, 2.24) is 15.1 Å². The number of guanidine groups is 1. The van der Waals surface area contributed by atoms with Crippen molar-refractivity contribution in [3.63, 3.8) is 0 Å². The van der Waals surface area contributed by atoms with Crippen LogP contribution in [0.1, 0.15) is 24.8 Å². The van der Waals surface area contributed by atoms with E-state index in [0.29, 0.717) is 6.42 Å². The first kappa shape index (κ1) is 24.2. The van der Waals surface area contributed by atoms with Crippen LogP contribution in [-0.4, -0.2) is 67.8 Å². The van der Waals surface area contributed by atoms with E-state index >= 15 is 0 Å². The molecule has 0 saturated carbocycles. The molecule has 1 heterocycles. The number of nitrogens with two attached hydrogens (primary N) is 1. The van der Waals surface area contributed by atoms with E-state index < -0.39 is 0 Å². The molecule has 0 bridgehead atoms. The number of piperidine rings is 1. The fourth-order valence-electron chi connectivity index (χ4n) is 3.22. The maximum absolute atomic E-state index is 11.9. The molecule has 0 aromatic heterocycles. The van der Waals surface area contributed by atoms with Crippen molar-refractivity contribution in [1.29, 1.82) is 0 Å². The number of nitrogens with one attached hydrogen (secondary N) is 1. The van der Waals surface area contributed by atoms with Gasteiger partial charge in [-0.25, -0.2) is 4.99 Å². The second kappa shape index (κ2) is 12.6. The summed E-state index contributed by atoms with van der Waals surface area (Å²) in [5.74, 6) is 0.667. The summed E-state index contributed by atoms with van der Waals surface area (Å²) >= 11 is 0. The third-order valence-corrected chi connectivity index (χ3v) is 4.71. The largest absolute Gasteiger partial charge is 0.370 e. The van der Waals surface area contributed by atoms with Crippen molar-refractivity contribution in [2.24, 2.45) is 16.6 Å². The lowest BCUT2D eigenvalue weighted by Crippen LogP contribution is -2.48. The Morgan fingerprint density at radius 1 is 1.29 bits per heavy atom. The molecule has 0 radical (unpaired) electrons. The molecular weight excluding hydrogens is 469 g/mol. The molecule has 1 aromatic carbocycles. The maximum Gasteiger partial charge on any atom is 0.243 e. The average Bonchev–Trinajstić information content (AvgIpc) is 2.64. The van der Waals surface area contributed by atoms with E-state index in [1.165, 1.54) is 10.5 Å². The highest BCUT2D eigenvalue weighted by Crippen LogP contribution is 2.19. The van der Waals surface area contributed by atoms with Crippen LogP contribution in [0.2, 0.25) is 0 Å². The van der Waals surface area contributed by atoms with Crippen molar-refractivity contribution < 1.29 is 9.59 Å². The number of hydrogen-bond donors (Lipinski definition) is 2. The van der Waals surface area contributed by atoms with Crippen LogP contribution in [-0.2, 0) is 16.0 Å². The van der Waals surface area contributed by atoms with E-state index in [0.717, 1.165) is 44.9 Å². The molecular formula is C20H32IN5O2. The highest BCUT2D eigenvalue weighted by atomic mass is 127. The molecule has 2 rings (SSSR count). The normalized spacial score (nSPS) is 16.9. The van der Waals surface area contributed by atoms with Gasteiger partial charge < -0.3 is 20.9 Å². The minimum Gasteiger partial charge on any atom is -0.370 e. The minimum absolute atomic E-state index is 0. The highest BCUT2D eigenvalue weighted by molar-refractivity contribution is 14.0. The molecule has 1 aromatic rings. The topological polar surface area (TPSA) is 91.0 Å². The standard InChI is InChI=1S/C20H31N5O2.HI/c1-24(2)19(27)14-23-20(22-11-10-16-7-4-3-5-8-16)25-12-6-9-17(15-25)13-18(21)26;/h3-5,7-8,17H,6,9-15H2,1-2H3,(H2,21,26)(H,22,23);1H. The zero-order chi connectivity index (χ0) is 19.6. The first-order valence-electron chi connectivity index (χ1n) is 9.51. The van der Waals surface area contributed by atoms with Crippen LogP contribution in [0.4, 0.5) is 0 Å². The van der Waals surface area contributed by atoms with Crippen LogP contribution >= 0.6 is 24.0 Å². The second-order valence-electron chi connectivity index (χ2n) is 7.22. The van der Waals surface area contributed by atoms with E-state index in [4.69, 9.17) is 5.73 Å². The number of likely N-dealkylation sites (N-methyl/N-ethyl adjacent to an activating group) is 1. The number of rotatable bonds is 7. The molecule has 3 N–H and O–H groups in total. The Hall–Kier alpha value is -1.84. The van der Waals surface area contributed by atoms with E-state index in [1.54, 1.807) is 14.1 Å². The predicted octanol–water partition coefficient (Wildman–Crippen LogP) is 1.47. The van der Waals surface area contributed by atoms with Gasteiger partial charge in [0.2, 0.25) is 11.8 Å². The van der Waals surface area contributed by atoms with E-state index in [2.05, 4.69) is 27.3 Å². The van der Waals surface area contributed by atoms with Gasteiger partial charge in [-0.3, -0.25) is 9.59 Å². The van der Waals surface area contributed by atoms with Crippen molar-refractivity contribution in [2.45, 2.75) is 25.7 Å². The summed E-state index contributed by atoms with van der Waals surface area (Å²) in [4.78, 5) is 31.4. The van der Waals surface area contributed by atoms with Crippen molar-refractivity contribution in [3.05, 3.63) is 35.9 Å². The van der Waals surface area contributed by atoms with Gasteiger partial charge in [0.05, 0.1) is 0 Å². The maximum atomic E-state index is 11.9. The zero-order valence-electron chi connectivity index (χ0n) is 16.8. The van der Waals surface area contributed by atoms with Crippen molar-refractivity contribution >= 4 is 41.8 Å². The fourth-order valence-corrected chi connectivity index (χ4v) is 3.22. The second-order valence-corrected chi connectivity index (χ2v) is 7.22. The van der Waals surface area contributed by atoms with Gasteiger partial charge in [0.25, 0.3) is 0 Å². The number of halogens is 1. The molecule has 8 heteroatoms. The molecule has 1 fully saturated rings. The third-order valence-electron chi connectivity index (χ3n) is 4.71. The zero-order valence-corrected chi connectivity index (χ0v) is 19.1. The molecule has 1 aliphatic rings. The Balaban J connectivity index is 0.00000392. The molecule has 0 aliphatic carbocycles. The van der Waals surface area contributed by atoms with Crippen LogP contribution in [0.3, 0.4) is 0 Å². The number of carbonyl (C=O) groups is 2. The van der Waals surface area contributed by atoms with Gasteiger partial charge in [-0.2, -0.15) is 0 Å². The Labute approximate surface area is 184 Å². The Kier molecular flexibility index (Phi) is 10.9. The van der Waals surface area contributed by atoms with Crippen LogP contribution in [0.5, 0.6) is 0 Å². The van der Waals surface area contributed by atoms with Gasteiger partial charge >= 0.3 is 0 Å². The van der Waals surface area contributed by atoms with Crippen LogP contribution in [0.15, 0.2) is 35.3 Å². The summed E-state index contributed by atoms with van der Waals surface area (Å²) in [6.45, 7) is 2.44. The number of nitrogens with zero attached hydrogens (tertiary/aromatic N) is 3. The molecule has 1 saturated heterocycles. The minimum atomic E-state index is -0.264. The fraction of sp³-hybridized carbons (Fsp3) is 0.550. The number of primary amides is 1. The lowest BCUT2D eigenvalue weighted by Gasteiger charge is -2.34. The quantitative estimate of drug-likeness (QED) is 0.337. The number of carbonyl (C=O) groups excluding carboxylic acids is 2. The first-order valence-corrected chi connectivity index (χ1v) is 9.51. The Morgan fingerprint density at radius 2 is 2.00 bits per heavy atom. The monoisotopic (exact) mass is 501 g/mol. The predicted molar refractivity (Wildman–Crippen MR) is 123 cm³/mol. The number of benzene rings is 1. The Bertz CT molecular complexity index is 651. The van der Waals surface area contributed by atoms with Crippen LogP contribution in [0, 0.1) is 5.92 Å². The molecule has 7 nitrogen and oxygen atoms in total. The highest BCUT2D eigenvalue weighted by Gasteiger charge is 2.23.